The van der Waals surface area contributed by atoms with Crippen LogP contribution in [-0.4, -0.2) is 30.9 Å². The first kappa shape index (κ1) is 16.4. The number of nitrogens with one attached hydrogen (secondary N) is 1. The molecule has 3 nitrogen and oxygen atoms in total. The normalized spacial score (nSPS) is 12.3. The van der Waals surface area contributed by atoms with E-state index in [1.54, 1.807) is 29.5 Å². The molecule has 1 aromatic carbocycles. The molecular formula is C15H17BrFNO2S. The van der Waals surface area contributed by atoms with Gasteiger partial charge in [0, 0.05) is 18.0 Å². The second-order valence-corrected chi connectivity index (χ2v) is 7.10. The highest BCUT2D eigenvalue weighted by atomic mass is 79.9. The molecule has 0 aliphatic heterocycles. The second-order valence-electron chi connectivity index (χ2n) is 4.56. The lowest BCUT2D eigenvalue weighted by molar-refractivity contribution is 0.104. The minimum absolute atomic E-state index is 0.0679. The van der Waals surface area contributed by atoms with Gasteiger partial charge in [0.25, 0.3) is 0 Å². The molecule has 1 heterocycles. The third-order valence-electron chi connectivity index (χ3n) is 2.82. The van der Waals surface area contributed by atoms with Crippen molar-refractivity contribution in [3.05, 3.63) is 50.9 Å². The zero-order valence-electron chi connectivity index (χ0n) is 11.4. The van der Waals surface area contributed by atoms with Gasteiger partial charge in [-0.1, -0.05) is 12.1 Å². The van der Waals surface area contributed by atoms with Gasteiger partial charge in [0.2, 0.25) is 0 Å². The van der Waals surface area contributed by atoms with Crippen LogP contribution in [0.3, 0.4) is 0 Å². The van der Waals surface area contributed by atoms with Crippen LogP contribution < -0.4 is 10.1 Å². The average Bonchev–Trinajstić information content (AvgIpc) is 2.88. The van der Waals surface area contributed by atoms with E-state index in [-0.39, 0.29) is 12.4 Å². The number of benzene rings is 1. The first-order chi connectivity index (χ1) is 10.1. The first-order valence-corrected chi connectivity index (χ1v) is 8.26. The molecule has 21 heavy (non-hydrogen) atoms. The molecular weight excluding hydrogens is 357 g/mol. The van der Waals surface area contributed by atoms with E-state index in [1.807, 2.05) is 6.07 Å². The highest BCUT2D eigenvalue weighted by Gasteiger charge is 2.07. The third-order valence-corrected chi connectivity index (χ3v) is 4.51. The van der Waals surface area contributed by atoms with E-state index in [0.717, 1.165) is 16.8 Å². The zero-order chi connectivity index (χ0) is 15.1. The molecule has 0 fully saturated rings. The van der Waals surface area contributed by atoms with Crippen LogP contribution in [0.2, 0.25) is 0 Å². The van der Waals surface area contributed by atoms with E-state index >= 15 is 0 Å². The Labute approximate surface area is 135 Å². The predicted octanol–water partition coefficient (Wildman–Crippen LogP) is 3.22. The number of aliphatic hydroxyl groups is 1. The van der Waals surface area contributed by atoms with Gasteiger partial charge in [-0.3, -0.25) is 0 Å². The Balaban J connectivity index is 1.61. The summed E-state index contributed by atoms with van der Waals surface area (Å²) in [6, 6.07) is 10.3. The maximum Gasteiger partial charge on any atom is 0.165 e. The lowest BCUT2D eigenvalue weighted by Crippen LogP contribution is -2.32. The molecule has 2 aromatic rings. The molecule has 2 N–H and O–H groups in total. The third kappa shape index (κ3) is 5.74. The number of rotatable bonds is 8. The monoisotopic (exact) mass is 373 g/mol. The largest absolute Gasteiger partial charge is 0.488 e. The SMILES string of the molecule is OC(CNCCc1ccc(Br)s1)COc1ccccc1F. The van der Waals surface area contributed by atoms with Crippen molar-refractivity contribution >= 4 is 27.3 Å². The van der Waals surface area contributed by atoms with Gasteiger partial charge in [0.1, 0.15) is 12.7 Å². The van der Waals surface area contributed by atoms with Crippen molar-refractivity contribution in [1.29, 1.82) is 0 Å². The minimum atomic E-state index is -0.667. The quantitative estimate of drug-likeness (QED) is 0.698. The predicted molar refractivity (Wildman–Crippen MR) is 86.5 cm³/mol. The van der Waals surface area contributed by atoms with Crippen LogP contribution in [-0.2, 0) is 6.42 Å². The van der Waals surface area contributed by atoms with Crippen LogP contribution in [0.15, 0.2) is 40.2 Å². The van der Waals surface area contributed by atoms with Crippen LogP contribution in [0.1, 0.15) is 4.88 Å². The standard InChI is InChI=1S/C15H17BrFNO2S/c16-15-6-5-12(21-15)7-8-18-9-11(19)10-20-14-4-2-1-3-13(14)17/h1-6,11,18-19H,7-10H2. The van der Waals surface area contributed by atoms with Gasteiger partial charge in [-0.05, 0) is 46.6 Å². The van der Waals surface area contributed by atoms with Gasteiger partial charge in [-0.2, -0.15) is 0 Å². The van der Waals surface area contributed by atoms with E-state index in [0.29, 0.717) is 6.54 Å². The summed E-state index contributed by atoms with van der Waals surface area (Å²) in [5, 5.41) is 12.9. The number of hydrogen-bond donors (Lipinski definition) is 2. The molecule has 1 unspecified atom stereocenters. The van der Waals surface area contributed by atoms with Gasteiger partial charge < -0.3 is 15.2 Å². The molecule has 1 atom stereocenters. The number of hydrogen-bond acceptors (Lipinski definition) is 4. The molecule has 0 bridgehead atoms. The summed E-state index contributed by atoms with van der Waals surface area (Å²) in [5.41, 5.74) is 0. The highest BCUT2D eigenvalue weighted by Crippen LogP contribution is 2.22. The number of thiophene rings is 1. The second kappa shape index (κ2) is 8.48. The first-order valence-electron chi connectivity index (χ1n) is 6.65. The van der Waals surface area contributed by atoms with E-state index in [1.165, 1.54) is 10.9 Å². The van der Waals surface area contributed by atoms with Crippen molar-refractivity contribution in [3.8, 4) is 5.75 Å². The molecule has 0 amide bonds. The van der Waals surface area contributed by atoms with Crippen molar-refractivity contribution in [3.63, 3.8) is 0 Å². The van der Waals surface area contributed by atoms with Crippen LogP contribution in [0.25, 0.3) is 0 Å². The van der Waals surface area contributed by atoms with Crippen molar-refractivity contribution in [2.24, 2.45) is 0 Å². The van der Waals surface area contributed by atoms with Crippen molar-refractivity contribution in [2.75, 3.05) is 19.7 Å². The Bertz CT molecular complexity index is 564. The Hall–Kier alpha value is -0.950. The van der Waals surface area contributed by atoms with E-state index < -0.39 is 11.9 Å². The average molecular weight is 374 g/mol. The Morgan fingerprint density at radius 2 is 2.10 bits per heavy atom. The lowest BCUT2D eigenvalue weighted by atomic mass is 10.3. The van der Waals surface area contributed by atoms with Crippen LogP contribution in [0.4, 0.5) is 4.39 Å². The highest BCUT2D eigenvalue weighted by molar-refractivity contribution is 9.11. The summed E-state index contributed by atoms with van der Waals surface area (Å²) in [4.78, 5) is 1.28. The summed E-state index contributed by atoms with van der Waals surface area (Å²) < 4.78 is 19.7. The van der Waals surface area contributed by atoms with Crippen molar-refractivity contribution < 1.29 is 14.2 Å². The van der Waals surface area contributed by atoms with Gasteiger partial charge >= 0.3 is 0 Å². The fourth-order valence-electron chi connectivity index (χ4n) is 1.77. The summed E-state index contributed by atoms with van der Waals surface area (Å²) in [7, 11) is 0. The molecule has 6 heteroatoms. The summed E-state index contributed by atoms with van der Waals surface area (Å²) >= 11 is 5.13. The molecule has 114 valence electrons. The van der Waals surface area contributed by atoms with E-state index in [9.17, 15) is 9.50 Å². The Morgan fingerprint density at radius 1 is 1.29 bits per heavy atom. The van der Waals surface area contributed by atoms with Gasteiger partial charge in [-0.25, -0.2) is 4.39 Å². The molecule has 0 aliphatic carbocycles. The van der Waals surface area contributed by atoms with Crippen LogP contribution in [0, 0.1) is 5.82 Å². The summed E-state index contributed by atoms with van der Waals surface area (Å²) in [6.07, 6.45) is 0.247. The fraction of sp³-hybridized carbons (Fsp3) is 0.333. The van der Waals surface area contributed by atoms with E-state index in [2.05, 4.69) is 27.3 Å². The van der Waals surface area contributed by atoms with Crippen LogP contribution >= 0.6 is 27.3 Å². The Kier molecular flexibility index (Phi) is 6.63. The summed E-state index contributed by atoms with van der Waals surface area (Å²) in [5.74, 6) is -0.249. The Morgan fingerprint density at radius 3 is 2.81 bits per heavy atom. The zero-order valence-corrected chi connectivity index (χ0v) is 13.8. The maximum absolute atomic E-state index is 13.3. The van der Waals surface area contributed by atoms with Gasteiger partial charge in [0.15, 0.2) is 11.6 Å². The van der Waals surface area contributed by atoms with Crippen LogP contribution in [0.5, 0.6) is 5.75 Å². The van der Waals surface area contributed by atoms with Crippen molar-refractivity contribution in [2.45, 2.75) is 12.5 Å². The number of ether oxygens (including phenoxy) is 1. The molecule has 0 aliphatic rings. The maximum atomic E-state index is 13.3. The molecule has 0 spiro atoms. The number of para-hydroxylation sites is 1. The lowest BCUT2D eigenvalue weighted by Gasteiger charge is -2.13. The van der Waals surface area contributed by atoms with E-state index in [4.69, 9.17) is 4.74 Å². The molecule has 0 saturated heterocycles. The summed E-state index contributed by atoms with van der Waals surface area (Å²) in [6.45, 7) is 1.27. The topological polar surface area (TPSA) is 41.5 Å². The number of halogens is 2. The molecule has 0 saturated carbocycles. The minimum Gasteiger partial charge on any atom is -0.488 e. The smallest absolute Gasteiger partial charge is 0.165 e. The fourth-order valence-corrected chi connectivity index (χ4v) is 3.26. The molecule has 0 radical (unpaired) electrons. The van der Waals surface area contributed by atoms with Gasteiger partial charge in [-0.15, -0.1) is 11.3 Å². The molecule has 1 aromatic heterocycles. The molecule has 2 rings (SSSR count). The number of aliphatic hydroxyl groups excluding tert-OH is 1. The van der Waals surface area contributed by atoms with Crippen molar-refractivity contribution in [1.82, 2.24) is 5.32 Å². The van der Waals surface area contributed by atoms with Gasteiger partial charge in [0.05, 0.1) is 3.79 Å².